The molecule has 10 nitrogen and oxygen atoms in total. The van der Waals surface area contributed by atoms with Crippen LogP contribution >= 0.6 is 11.8 Å². The zero-order valence-corrected chi connectivity index (χ0v) is 22.6. The fourth-order valence-corrected chi connectivity index (χ4v) is 8.46. The molecule has 0 radical (unpaired) electrons. The van der Waals surface area contributed by atoms with Gasteiger partial charge in [-0.15, -0.1) is 0 Å². The third kappa shape index (κ3) is 3.26. The molecule has 5 aliphatic rings. The SMILES string of the molecule is NC1c2ccnn2CC12CCN(c1ncc(Sc3ccnc4c3OCC3CC5(CC5)CN43)n3cncc13)CC2. The van der Waals surface area contributed by atoms with E-state index in [0.29, 0.717) is 11.5 Å². The van der Waals surface area contributed by atoms with Gasteiger partial charge in [-0.3, -0.25) is 9.08 Å². The first kappa shape index (κ1) is 22.5. The fourth-order valence-electron chi connectivity index (χ4n) is 7.52. The van der Waals surface area contributed by atoms with Crippen LogP contribution < -0.4 is 20.3 Å². The highest BCUT2D eigenvalue weighted by molar-refractivity contribution is 7.99. The molecular weight excluding hydrogens is 510 g/mol. The van der Waals surface area contributed by atoms with Gasteiger partial charge in [-0.05, 0) is 49.7 Å². The Hall–Kier alpha value is -3.31. The van der Waals surface area contributed by atoms with Crippen LogP contribution in [0.15, 0.2) is 53.2 Å². The van der Waals surface area contributed by atoms with Gasteiger partial charge in [0, 0.05) is 44.0 Å². The van der Waals surface area contributed by atoms with Crippen molar-refractivity contribution in [2.75, 3.05) is 36.0 Å². The molecule has 9 rings (SSSR count). The number of nitrogens with two attached hydrogens (primary N) is 1. The van der Waals surface area contributed by atoms with E-state index < -0.39 is 0 Å². The molecule has 2 N–H and O–H groups in total. The second kappa shape index (κ2) is 7.88. The van der Waals surface area contributed by atoms with Crippen LogP contribution in [0.4, 0.5) is 11.6 Å². The summed E-state index contributed by atoms with van der Waals surface area (Å²) in [6.45, 7) is 4.61. The van der Waals surface area contributed by atoms with Gasteiger partial charge in [0.05, 0.1) is 35.1 Å². The average Bonchev–Trinajstić information content (AvgIpc) is 3.35. The zero-order valence-electron chi connectivity index (χ0n) is 21.7. The highest BCUT2D eigenvalue weighted by Gasteiger charge is 2.54. The minimum Gasteiger partial charge on any atom is -0.486 e. The summed E-state index contributed by atoms with van der Waals surface area (Å²) in [6.07, 6.45) is 15.5. The van der Waals surface area contributed by atoms with E-state index in [4.69, 9.17) is 20.4 Å². The topological polar surface area (TPSA) is 103 Å². The van der Waals surface area contributed by atoms with E-state index in [9.17, 15) is 0 Å². The highest BCUT2D eigenvalue weighted by atomic mass is 32.2. The van der Waals surface area contributed by atoms with E-state index in [2.05, 4.69) is 41.1 Å². The maximum absolute atomic E-state index is 6.72. The van der Waals surface area contributed by atoms with Gasteiger partial charge in [0.1, 0.15) is 23.5 Å². The quantitative estimate of drug-likeness (QED) is 0.417. The van der Waals surface area contributed by atoms with Crippen LogP contribution in [0.1, 0.15) is 43.8 Å². The molecule has 2 saturated heterocycles. The van der Waals surface area contributed by atoms with Crippen LogP contribution in [-0.2, 0) is 6.54 Å². The summed E-state index contributed by atoms with van der Waals surface area (Å²) in [4.78, 5) is 20.2. The number of nitrogens with zero attached hydrogens (tertiary/aromatic N) is 8. The Morgan fingerprint density at radius 3 is 2.74 bits per heavy atom. The summed E-state index contributed by atoms with van der Waals surface area (Å²) < 4.78 is 10.6. The molecule has 1 saturated carbocycles. The Morgan fingerprint density at radius 1 is 1.00 bits per heavy atom. The van der Waals surface area contributed by atoms with Crippen molar-refractivity contribution in [1.29, 1.82) is 0 Å². The van der Waals surface area contributed by atoms with Gasteiger partial charge in [-0.1, -0.05) is 11.8 Å². The number of imidazole rings is 1. The van der Waals surface area contributed by atoms with Crippen LogP contribution in [0.25, 0.3) is 5.52 Å². The third-order valence-corrected chi connectivity index (χ3v) is 11.0. The molecule has 4 aromatic heterocycles. The Kier molecular flexibility index (Phi) is 4.55. The fraction of sp³-hybridized carbons (Fsp3) is 0.500. The molecule has 11 heteroatoms. The van der Waals surface area contributed by atoms with Crippen LogP contribution in [-0.4, -0.2) is 61.4 Å². The summed E-state index contributed by atoms with van der Waals surface area (Å²) >= 11 is 1.67. The van der Waals surface area contributed by atoms with Crippen LogP contribution in [0.2, 0.25) is 0 Å². The number of anilines is 2. The standard InChI is InChI=1S/C28H31N9OS/c29-24-19-1-8-33-37(19)16-28(24)5-9-34(10-6-28)25-20-12-30-17-36(20)22(13-32-25)39-21-2-7-31-26-23(21)38-14-18-11-27(3-4-27)15-35(18)26/h1-2,7-8,12-13,17-18,24H,3-6,9-11,14-16,29H2. The van der Waals surface area contributed by atoms with Crippen molar-refractivity contribution in [2.45, 2.75) is 60.7 Å². The van der Waals surface area contributed by atoms with Gasteiger partial charge in [-0.25, -0.2) is 15.0 Å². The lowest BCUT2D eigenvalue weighted by atomic mass is 9.73. The largest absolute Gasteiger partial charge is 0.486 e. The number of fused-ring (bicyclic) bond motifs is 5. The molecule has 2 unspecified atom stereocenters. The van der Waals surface area contributed by atoms with Crippen molar-refractivity contribution in [1.82, 2.24) is 29.1 Å². The molecule has 4 aromatic rings. The van der Waals surface area contributed by atoms with Crippen molar-refractivity contribution in [3.63, 3.8) is 0 Å². The second-order valence-corrected chi connectivity index (χ2v) is 13.2. The average molecular weight is 542 g/mol. The van der Waals surface area contributed by atoms with Crippen molar-refractivity contribution < 1.29 is 4.74 Å². The first-order valence-corrected chi connectivity index (χ1v) is 14.8. The molecule has 2 spiro atoms. The summed E-state index contributed by atoms with van der Waals surface area (Å²) in [5.74, 6) is 2.89. The molecule has 4 aliphatic heterocycles. The number of aromatic nitrogens is 6. The number of hydrogen-bond acceptors (Lipinski definition) is 9. The van der Waals surface area contributed by atoms with Crippen LogP contribution in [0, 0.1) is 10.8 Å². The number of rotatable bonds is 3. The normalized spacial score (nSPS) is 25.7. The maximum atomic E-state index is 6.72. The van der Waals surface area contributed by atoms with Crippen molar-refractivity contribution in [3.8, 4) is 5.75 Å². The van der Waals surface area contributed by atoms with Crippen molar-refractivity contribution in [2.24, 2.45) is 16.6 Å². The van der Waals surface area contributed by atoms with Crippen molar-refractivity contribution in [3.05, 3.63) is 48.9 Å². The third-order valence-electron chi connectivity index (χ3n) is 9.98. The molecule has 39 heavy (non-hydrogen) atoms. The van der Waals surface area contributed by atoms with E-state index in [1.165, 1.54) is 19.3 Å². The summed E-state index contributed by atoms with van der Waals surface area (Å²) in [6, 6.07) is 4.63. The predicted molar refractivity (Wildman–Crippen MR) is 147 cm³/mol. The summed E-state index contributed by atoms with van der Waals surface area (Å²) in [7, 11) is 0. The summed E-state index contributed by atoms with van der Waals surface area (Å²) in [5, 5.41) is 5.50. The lowest BCUT2D eigenvalue weighted by Crippen LogP contribution is -2.45. The van der Waals surface area contributed by atoms with E-state index in [0.717, 1.165) is 84.1 Å². The Balaban J connectivity index is 0.981. The predicted octanol–water partition coefficient (Wildman–Crippen LogP) is 3.52. The number of ether oxygens (including phenoxy) is 1. The molecule has 0 amide bonds. The minimum atomic E-state index is 0.0445. The Morgan fingerprint density at radius 2 is 1.90 bits per heavy atom. The molecule has 2 atom stereocenters. The van der Waals surface area contributed by atoms with Gasteiger partial charge >= 0.3 is 0 Å². The number of pyridine rings is 1. The zero-order chi connectivity index (χ0) is 25.8. The molecule has 200 valence electrons. The molecular formula is C28H31N9OS. The maximum Gasteiger partial charge on any atom is 0.175 e. The second-order valence-electron chi connectivity index (χ2n) is 12.2. The number of hydrogen-bond donors (Lipinski definition) is 1. The van der Waals surface area contributed by atoms with Gasteiger partial charge < -0.3 is 20.3 Å². The molecule has 8 heterocycles. The number of piperidine rings is 1. The van der Waals surface area contributed by atoms with Gasteiger partial charge in [-0.2, -0.15) is 5.10 Å². The highest BCUT2D eigenvalue weighted by Crippen LogP contribution is 2.58. The summed E-state index contributed by atoms with van der Waals surface area (Å²) in [5.41, 5.74) is 9.50. The van der Waals surface area contributed by atoms with Gasteiger partial charge in [0.25, 0.3) is 0 Å². The van der Waals surface area contributed by atoms with Gasteiger partial charge in [0.15, 0.2) is 17.4 Å². The lowest BCUT2D eigenvalue weighted by Gasteiger charge is -2.41. The van der Waals surface area contributed by atoms with E-state index in [1.54, 1.807) is 11.8 Å². The van der Waals surface area contributed by atoms with E-state index in [-0.39, 0.29) is 11.5 Å². The first-order chi connectivity index (χ1) is 19.1. The van der Waals surface area contributed by atoms with Crippen LogP contribution in [0.3, 0.4) is 0 Å². The molecule has 3 fully saturated rings. The van der Waals surface area contributed by atoms with E-state index in [1.807, 2.05) is 31.1 Å². The molecule has 0 bridgehead atoms. The smallest absolute Gasteiger partial charge is 0.175 e. The Bertz CT molecular complexity index is 1600. The lowest BCUT2D eigenvalue weighted by molar-refractivity contribution is 0.170. The minimum absolute atomic E-state index is 0.0445. The first-order valence-electron chi connectivity index (χ1n) is 14.0. The van der Waals surface area contributed by atoms with E-state index >= 15 is 0 Å². The molecule has 1 aliphatic carbocycles. The van der Waals surface area contributed by atoms with Crippen LogP contribution in [0.5, 0.6) is 5.75 Å². The monoisotopic (exact) mass is 541 g/mol. The Labute approximate surface area is 230 Å². The van der Waals surface area contributed by atoms with Gasteiger partial charge in [0.2, 0.25) is 0 Å². The van der Waals surface area contributed by atoms with Crippen molar-refractivity contribution >= 4 is 28.9 Å². The molecule has 0 aromatic carbocycles.